The normalized spacial score (nSPS) is 12.9. The molecule has 0 heterocycles. The SMILES string of the molecule is NCCCC[C@H](NC(=O)[C@@H](N)Cc1ccccc1)C(=O)NCC(=O)O. The number of carboxylic acids is 1. The van der Waals surface area contributed by atoms with Gasteiger partial charge in [-0.25, -0.2) is 0 Å². The molecule has 8 nitrogen and oxygen atoms in total. The van der Waals surface area contributed by atoms with Crippen molar-refractivity contribution in [3.8, 4) is 0 Å². The molecule has 1 aromatic carbocycles. The van der Waals surface area contributed by atoms with Crippen LogP contribution in [0.25, 0.3) is 0 Å². The van der Waals surface area contributed by atoms with Crippen molar-refractivity contribution in [2.24, 2.45) is 11.5 Å². The number of nitrogens with two attached hydrogens (primary N) is 2. The van der Waals surface area contributed by atoms with Crippen LogP contribution in [0.3, 0.4) is 0 Å². The second kappa shape index (κ2) is 11.2. The van der Waals surface area contributed by atoms with Crippen LogP contribution < -0.4 is 22.1 Å². The quantitative estimate of drug-likeness (QED) is 0.336. The smallest absolute Gasteiger partial charge is 0.322 e. The Morgan fingerprint density at radius 3 is 2.36 bits per heavy atom. The van der Waals surface area contributed by atoms with E-state index in [1.165, 1.54) is 0 Å². The number of hydrogen-bond donors (Lipinski definition) is 5. The van der Waals surface area contributed by atoms with Gasteiger partial charge in [0.15, 0.2) is 0 Å². The lowest BCUT2D eigenvalue weighted by atomic mass is 10.0. The molecule has 1 aromatic rings. The second-order valence-electron chi connectivity index (χ2n) is 5.75. The number of nitrogens with one attached hydrogen (secondary N) is 2. The fraction of sp³-hybridized carbons (Fsp3) is 0.471. The van der Waals surface area contributed by atoms with Crippen LogP contribution in [0.15, 0.2) is 30.3 Å². The highest BCUT2D eigenvalue weighted by atomic mass is 16.4. The number of carbonyl (C=O) groups is 3. The summed E-state index contributed by atoms with van der Waals surface area (Å²) >= 11 is 0. The van der Waals surface area contributed by atoms with Gasteiger partial charge in [0.2, 0.25) is 11.8 Å². The summed E-state index contributed by atoms with van der Waals surface area (Å²) in [5, 5.41) is 13.5. The van der Waals surface area contributed by atoms with Gasteiger partial charge in [-0.2, -0.15) is 0 Å². The van der Waals surface area contributed by atoms with Crippen molar-refractivity contribution in [3.63, 3.8) is 0 Å². The zero-order chi connectivity index (χ0) is 18.7. The molecular weight excluding hydrogens is 324 g/mol. The summed E-state index contributed by atoms with van der Waals surface area (Å²) in [5.74, 6) is -2.15. The molecule has 1 rings (SSSR count). The Labute approximate surface area is 147 Å². The summed E-state index contributed by atoms with van der Waals surface area (Å²) in [6, 6.07) is 7.68. The highest BCUT2D eigenvalue weighted by Gasteiger charge is 2.23. The summed E-state index contributed by atoms with van der Waals surface area (Å²) < 4.78 is 0. The first-order valence-electron chi connectivity index (χ1n) is 8.23. The third-order valence-electron chi connectivity index (χ3n) is 3.63. The lowest BCUT2D eigenvalue weighted by Crippen LogP contribution is -2.52. The number of carboxylic acid groups (broad SMARTS) is 1. The molecule has 2 amide bonds. The van der Waals surface area contributed by atoms with E-state index in [9.17, 15) is 14.4 Å². The number of carbonyl (C=O) groups excluding carboxylic acids is 2. The van der Waals surface area contributed by atoms with Crippen LogP contribution >= 0.6 is 0 Å². The third-order valence-corrected chi connectivity index (χ3v) is 3.63. The molecule has 0 radical (unpaired) electrons. The average Bonchev–Trinajstić information content (AvgIpc) is 2.59. The van der Waals surface area contributed by atoms with E-state index in [0.717, 1.165) is 5.56 Å². The van der Waals surface area contributed by atoms with Crippen LogP contribution in [0.2, 0.25) is 0 Å². The topological polar surface area (TPSA) is 148 Å². The molecule has 0 bridgehead atoms. The monoisotopic (exact) mass is 350 g/mol. The zero-order valence-corrected chi connectivity index (χ0v) is 14.1. The van der Waals surface area contributed by atoms with Gasteiger partial charge in [0.1, 0.15) is 12.6 Å². The van der Waals surface area contributed by atoms with Crippen molar-refractivity contribution in [1.82, 2.24) is 10.6 Å². The average molecular weight is 350 g/mol. The number of benzene rings is 1. The second-order valence-corrected chi connectivity index (χ2v) is 5.75. The molecule has 138 valence electrons. The molecular formula is C17H26N4O4. The molecule has 0 aliphatic heterocycles. The van der Waals surface area contributed by atoms with Crippen LogP contribution in [0, 0.1) is 0 Å². The molecule has 0 saturated heterocycles. The Morgan fingerprint density at radius 2 is 1.76 bits per heavy atom. The maximum atomic E-state index is 12.3. The molecule has 0 spiro atoms. The summed E-state index contributed by atoms with van der Waals surface area (Å²) in [6.45, 7) is -0.0247. The molecule has 0 unspecified atom stereocenters. The number of rotatable bonds is 11. The summed E-state index contributed by atoms with van der Waals surface area (Å²) in [4.78, 5) is 35.0. The van der Waals surface area contributed by atoms with E-state index in [0.29, 0.717) is 32.2 Å². The van der Waals surface area contributed by atoms with Gasteiger partial charge in [0.25, 0.3) is 0 Å². The molecule has 2 atom stereocenters. The Kier molecular flexibility index (Phi) is 9.20. The summed E-state index contributed by atoms with van der Waals surface area (Å²) in [6.07, 6.45) is 2.05. The Balaban J connectivity index is 2.62. The van der Waals surface area contributed by atoms with Crippen molar-refractivity contribution in [3.05, 3.63) is 35.9 Å². The standard InChI is InChI=1S/C17H26N4O4/c18-9-5-4-8-14(17(25)20-11-15(22)23)21-16(24)13(19)10-12-6-2-1-3-7-12/h1-3,6-7,13-14H,4-5,8-11,18-19H2,(H,20,25)(H,21,24)(H,22,23)/t13-,14-/m0/s1. The predicted octanol–water partition coefficient (Wildman–Crippen LogP) is -0.629. The number of amides is 2. The van der Waals surface area contributed by atoms with E-state index >= 15 is 0 Å². The first-order valence-corrected chi connectivity index (χ1v) is 8.23. The largest absolute Gasteiger partial charge is 0.480 e. The highest BCUT2D eigenvalue weighted by Crippen LogP contribution is 2.04. The Morgan fingerprint density at radius 1 is 1.08 bits per heavy atom. The molecule has 8 heteroatoms. The van der Waals surface area contributed by atoms with Crippen LogP contribution in [-0.2, 0) is 20.8 Å². The van der Waals surface area contributed by atoms with E-state index in [-0.39, 0.29) is 0 Å². The summed E-state index contributed by atoms with van der Waals surface area (Å²) in [5.41, 5.74) is 12.3. The lowest BCUT2D eigenvalue weighted by molar-refractivity contribution is -0.138. The van der Waals surface area contributed by atoms with Gasteiger partial charge in [-0.15, -0.1) is 0 Å². The summed E-state index contributed by atoms with van der Waals surface area (Å²) in [7, 11) is 0. The zero-order valence-electron chi connectivity index (χ0n) is 14.1. The van der Waals surface area contributed by atoms with Crippen molar-refractivity contribution in [2.45, 2.75) is 37.8 Å². The number of hydrogen-bond acceptors (Lipinski definition) is 5. The maximum absolute atomic E-state index is 12.3. The van der Waals surface area contributed by atoms with Crippen LogP contribution in [0.5, 0.6) is 0 Å². The molecule has 0 saturated carbocycles. The Hall–Kier alpha value is -2.45. The maximum Gasteiger partial charge on any atom is 0.322 e. The van der Waals surface area contributed by atoms with E-state index in [4.69, 9.17) is 16.6 Å². The van der Waals surface area contributed by atoms with Gasteiger partial charge in [-0.05, 0) is 37.8 Å². The van der Waals surface area contributed by atoms with Crippen molar-refractivity contribution in [1.29, 1.82) is 0 Å². The number of aliphatic carboxylic acids is 1. The molecule has 0 fully saturated rings. The Bertz CT molecular complexity index is 565. The van der Waals surface area contributed by atoms with E-state index < -0.39 is 36.4 Å². The van der Waals surface area contributed by atoms with Gasteiger partial charge in [0.05, 0.1) is 6.04 Å². The fourth-order valence-corrected chi connectivity index (χ4v) is 2.29. The molecule has 0 aromatic heterocycles. The minimum atomic E-state index is -1.15. The van der Waals surface area contributed by atoms with Crippen molar-refractivity contribution < 1.29 is 19.5 Å². The third kappa shape index (κ3) is 8.27. The van der Waals surface area contributed by atoms with E-state index in [1.54, 1.807) is 0 Å². The van der Waals surface area contributed by atoms with Gasteiger partial charge in [0, 0.05) is 0 Å². The molecule has 7 N–H and O–H groups in total. The highest BCUT2D eigenvalue weighted by molar-refractivity contribution is 5.91. The van der Waals surface area contributed by atoms with E-state index in [1.807, 2.05) is 30.3 Å². The fourth-order valence-electron chi connectivity index (χ4n) is 2.29. The molecule has 0 aliphatic rings. The van der Waals surface area contributed by atoms with Gasteiger partial charge in [-0.3, -0.25) is 14.4 Å². The first-order chi connectivity index (χ1) is 11.9. The molecule has 0 aliphatic carbocycles. The van der Waals surface area contributed by atoms with Crippen molar-refractivity contribution >= 4 is 17.8 Å². The van der Waals surface area contributed by atoms with Crippen LogP contribution in [-0.4, -0.2) is 48.1 Å². The lowest BCUT2D eigenvalue weighted by Gasteiger charge is -2.20. The first kappa shape index (κ1) is 20.6. The van der Waals surface area contributed by atoms with Crippen LogP contribution in [0.4, 0.5) is 0 Å². The molecule has 25 heavy (non-hydrogen) atoms. The van der Waals surface area contributed by atoms with Crippen molar-refractivity contribution in [2.75, 3.05) is 13.1 Å². The van der Waals surface area contributed by atoms with Gasteiger partial charge < -0.3 is 27.2 Å². The van der Waals surface area contributed by atoms with Crippen LogP contribution in [0.1, 0.15) is 24.8 Å². The van der Waals surface area contributed by atoms with Gasteiger partial charge >= 0.3 is 5.97 Å². The van der Waals surface area contributed by atoms with Gasteiger partial charge in [-0.1, -0.05) is 30.3 Å². The minimum Gasteiger partial charge on any atom is -0.480 e. The minimum absolute atomic E-state index is 0.346. The predicted molar refractivity (Wildman–Crippen MR) is 93.6 cm³/mol. The number of unbranched alkanes of at least 4 members (excludes halogenated alkanes) is 1. The van der Waals surface area contributed by atoms with E-state index in [2.05, 4.69) is 10.6 Å².